The number of aliphatic hydroxyl groups excluding tert-OH is 14. The first-order valence-corrected chi connectivity index (χ1v) is 51.4. The van der Waals surface area contributed by atoms with Crippen LogP contribution in [0.25, 0.3) is 0 Å². The van der Waals surface area contributed by atoms with Crippen molar-refractivity contribution in [1.82, 2.24) is 0 Å². The largest absolute Gasteiger partial charge is 0.387 e. The molecule has 0 amide bonds. The van der Waals surface area contributed by atoms with Crippen LogP contribution >= 0.6 is 0 Å². The molecule has 0 aliphatic carbocycles. The number of aliphatic hydroxyl groups is 14. The molecule has 21 aliphatic rings. The average Bonchev–Trinajstić information content (AvgIpc) is 0.858. The Labute approximate surface area is 787 Å². The molecule has 0 saturated carbocycles. The Morgan fingerprint density at radius 1 is 0.190 bits per heavy atom. The third-order valence-electron chi connectivity index (χ3n) is 24.1. The van der Waals surface area contributed by atoms with Crippen LogP contribution in [0.15, 0.2) is 175 Å². The fourth-order valence-electron chi connectivity index (χ4n) is 16.1. The standard InChI is InChI=1S/C85H108O46S6/c1-8-51-72-58(86)65(93)79(118-51)126-73-52(33-112-132(100,101)45-21-9-39(2)10-22-45)120-81(67(95)60(73)88)128-75-54(35-114-134(104,105)47-25-13-41(4)14-26-47)122-83(69(97)62(75)90)130-77-56(37-116-136(108,109)49-29-17-43(6)18-30-49)124-85(71(99)64(77)92)131-78-57(38-117-137(110,111)50-31-19-44(7)20-32-50)123-84(70(98)63(78)91)129-76-55(36-115-135(106,107)48-27-15-42(5)16-28-48)121-82(68(96)61(76)89)127-74-53(119-80(125-72)66(94)59(74)87)34-113-133(102,103)46-23-11-40(3)12-24-46/h9-32,51-99H,8,33-38H2,1-7H3. The van der Waals surface area contributed by atoms with Gasteiger partial charge in [0, 0.05) is 0 Å². The van der Waals surface area contributed by atoms with E-state index in [0.29, 0.717) is 33.4 Å². The van der Waals surface area contributed by atoms with Gasteiger partial charge in [0.25, 0.3) is 60.7 Å². The summed E-state index contributed by atoms with van der Waals surface area (Å²) < 4.78 is 289. The molecule has 6 aromatic rings. The third kappa shape index (κ3) is 24.2. The van der Waals surface area contributed by atoms with Crippen LogP contribution in [-0.2, 0) is 152 Å². The second-order valence-corrected chi connectivity index (χ2v) is 43.8. The molecule has 14 N–H and O–H groups in total. The van der Waals surface area contributed by atoms with E-state index in [2.05, 4.69) is 0 Å². The highest BCUT2D eigenvalue weighted by Crippen LogP contribution is 2.42. The van der Waals surface area contributed by atoms with E-state index in [1.54, 1.807) is 41.5 Å². The van der Waals surface area contributed by atoms with E-state index in [1.165, 1.54) is 79.7 Å². The van der Waals surface area contributed by atoms with E-state index < -0.39 is 345 Å². The van der Waals surface area contributed by atoms with Crippen LogP contribution in [0, 0.1) is 41.5 Å². The van der Waals surface area contributed by atoms with Crippen molar-refractivity contribution in [2.75, 3.05) is 39.6 Å². The summed E-state index contributed by atoms with van der Waals surface area (Å²) in [4.78, 5) is -2.92. The summed E-state index contributed by atoms with van der Waals surface area (Å²) in [6, 6.07) is 30.3. The summed E-state index contributed by atoms with van der Waals surface area (Å²) in [6.45, 7) is 3.21. The quantitative estimate of drug-likeness (QED) is 0.0248. The second kappa shape index (κ2) is 43.7. The zero-order valence-electron chi connectivity index (χ0n) is 73.8. The number of hydrogen-bond donors (Lipinski definition) is 14. The normalized spacial score (nSPS) is 36.9. The van der Waals surface area contributed by atoms with Crippen molar-refractivity contribution in [3.63, 3.8) is 0 Å². The molecule has 46 nitrogen and oxygen atoms in total. The molecule has 0 aromatic heterocycles. The summed E-state index contributed by atoms with van der Waals surface area (Å²) in [7, 11) is -29.8. The fourth-order valence-corrected chi connectivity index (χ4v) is 21.6. The minimum atomic E-state index is -5.00. The summed E-state index contributed by atoms with van der Waals surface area (Å²) >= 11 is 0. The zero-order chi connectivity index (χ0) is 99.2. The Morgan fingerprint density at radius 3 is 0.431 bits per heavy atom. The minimum absolute atomic E-state index is 0.307. The summed E-state index contributed by atoms with van der Waals surface area (Å²) in [6.07, 6.45) is -84.6. The number of aryl methyl sites for hydroxylation is 6. The zero-order valence-corrected chi connectivity index (χ0v) is 78.7. The molecule has 0 radical (unpaired) electrons. The van der Waals surface area contributed by atoms with Gasteiger partial charge in [-0.2, -0.15) is 50.5 Å². The lowest BCUT2D eigenvalue weighted by atomic mass is 9.94. The predicted octanol–water partition coefficient (Wildman–Crippen LogP) is -3.48. The first-order valence-electron chi connectivity index (χ1n) is 43.0. The van der Waals surface area contributed by atoms with Gasteiger partial charge in [-0.1, -0.05) is 113 Å². The van der Waals surface area contributed by atoms with Gasteiger partial charge in [0.15, 0.2) is 44.0 Å². The molecule has 14 bridgehead atoms. The van der Waals surface area contributed by atoms with Crippen LogP contribution < -0.4 is 0 Å². The van der Waals surface area contributed by atoms with E-state index in [0.717, 1.165) is 72.8 Å². The highest BCUT2D eigenvalue weighted by atomic mass is 32.2. The van der Waals surface area contributed by atoms with Gasteiger partial charge in [-0.05, 0) is 121 Å². The maximum atomic E-state index is 14.2. The van der Waals surface area contributed by atoms with E-state index in [-0.39, 0.29) is 6.42 Å². The topological polar surface area (TPSA) is 673 Å². The molecule has 6 aromatic carbocycles. The van der Waals surface area contributed by atoms with Crippen molar-refractivity contribution in [3.05, 3.63) is 179 Å². The van der Waals surface area contributed by atoms with E-state index in [4.69, 9.17) is 91.4 Å². The highest BCUT2D eigenvalue weighted by molar-refractivity contribution is 7.88. The van der Waals surface area contributed by atoms with Crippen LogP contribution in [0.3, 0.4) is 0 Å². The second-order valence-electron chi connectivity index (χ2n) is 34.1. The molecule has 21 heterocycles. The molecule has 21 fully saturated rings. The Morgan fingerprint density at radius 2 is 0.307 bits per heavy atom. The van der Waals surface area contributed by atoms with E-state index in [9.17, 15) is 122 Å². The number of rotatable bonds is 25. The summed E-state index contributed by atoms with van der Waals surface area (Å²) in [5.41, 5.74) is 3.45. The molecule has 35 unspecified atom stereocenters. The van der Waals surface area contributed by atoms with Gasteiger partial charge in [-0.25, -0.2) is 0 Å². The van der Waals surface area contributed by atoms with Gasteiger partial charge < -0.3 is 138 Å². The van der Waals surface area contributed by atoms with Gasteiger partial charge in [-0.3, -0.25) is 25.1 Å². The number of ether oxygens (including phenoxy) is 14. The van der Waals surface area contributed by atoms with Gasteiger partial charge in [0.2, 0.25) is 0 Å². The molecule has 760 valence electrons. The highest BCUT2D eigenvalue weighted by Gasteiger charge is 2.61. The lowest BCUT2D eigenvalue weighted by Crippen LogP contribution is -2.68. The smallest absolute Gasteiger partial charge is 0.297 e. The first kappa shape index (κ1) is 106. The van der Waals surface area contributed by atoms with Crippen LogP contribution in [-0.4, -0.2) is 377 Å². The summed E-state index contributed by atoms with van der Waals surface area (Å²) in [5, 5.41) is 174. The first-order chi connectivity index (χ1) is 64.5. The Kier molecular flexibility index (Phi) is 33.9. The maximum absolute atomic E-state index is 14.2. The molecule has 0 spiro atoms. The van der Waals surface area contributed by atoms with Crippen LogP contribution in [0.1, 0.15) is 46.7 Å². The lowest BCUT2D eigenvalue weighted by Gasteiger charge is -2.50. The van der Waals surface area contributed by atoms with Crippen molar-refractivity contribution in [1.29, 1.82) is 0 Å². The van der Waals surface area contributed by atoms with E-state index in [1.807, 2.05) is 0 Å². The molecular formula is C85H108O46S6. The Hall–Kier alpha value is -6.34. The number of hydrogen-bond acceptors (Lipinski definition) is 46. The molecule has 21 saturated heterocycles. The van der Waals surface area contributed by atoms with Crippen molar-refractivity contribution in [2.24, 2.45) is 0 Å². The number of benzene rings is 6. The van der Waals surface area contributed by atoms with Crippen molar-refractivity contribution >= 4 is 60.7 Å². The molecule has 137 heavy (non-hydrogen) atoms. The lowest BCUT2D eigenvalue weighted by molar-refractivity contribution is -0.395. The SMILES string of the molecule is CCC1OC2OC3C(COS(=O)(=O)c4ccc(C)cc4)OC(OC4C(COS(=O)(=O)c5ccc(C)cc5)OC(OC5C(COS(=O)(=O)c6ccc(C)cc6)OC(OC6C(COS(=O)(=O)c7ccc(C)cc7)OC(OC7C(COS(=O)(=O)c8ccc(C)cc8)OC(OC8C(COS(=O)(=O)c9ccc(C)cc9)OC(OC1C(O)C2O)C(O)C8O)C(O)C7O)C(O)C6O)C(O)C5O)C(O)C4O)C(O)C3O. The van der Waals surface area contributed by atoms with E-state index >= 15 is 0 Å². The van der Waals surface area contributed by atoms with Gasteiger partial charge in [0.05, 0.1) is 75.1 Å². The predicted molar refractivity (Wildman–Crippen MR) is 455 cm³/mol. The fraction of sp³-hybridized carbons (Fsp3) is 0.576. The molecule has 52 heteroatoms. The van der Waals surface area contributed by atoms with Crippen LogP contribution in [0.5, 0.6) is 0 Å². The monoisotopic (exact) mass is 2060 g/mol. The summed E-state index contributed by atoms with van der Waals surface area (Å²) in [5.74, 6) is 0. The van der Waals surface area contributed by atoms with Gasteiger partial charge in [0.1, 0.15) is 165 Å². The van der Waals surface area contributed by atoms with Gasteiger partial charge in [-0.15, -0.1) is 0 Å². The molecular weight excluding hydrogens is 1950 g/mol. The van der Waals surface area contributed by atoms with Crippen molar-refractivity contribution in [3.8, 4) is 0 Å². The third-order valence-corrected chi connectivity index (χ3v) is 31.9. The average molecular weight is 2060 g/mol. The molecule has 21 aliphatic heterocycles. The van der Waals surface area contributed by atoms with Crippen LogP contribution in [0.2, 0.25) is 0 Å². The van der Waals surface area contributed by atoms with Crippen molar-refractivity contribution in [2.45, 2.75) is 299 Å². The minimum Gasteiger partial charge on any atom is -0.387 e. The maximum Gasteiger partial charge on any atom is 0.297 e. The van der Waals surface area contributed by atoms with Crippen LogP contribution in [0.4, 0.5) is 0 Å². The van der Waals surface area contributed by atoms with Gasteiger partial charge >= 0.3 is 0 Å². The molecule has 27 rings (SSSR count). The van der Waals surface area contributed by atoms with Crippen molar-refractivity contribution < 1.29 is 213 Å². The molecule has 35 atom stereocenters. The Balaban J connectivity index is 0.871. The Bertz CT molecular complexity index is 5500.